The second kappa shape index (κ2) is 3.41. The van der Waals surface area contributed by atoms with Crippen LogP contribution in [0.15, 0.2) is 29.2 Å². The lowest BCUT2D eigenvalue weighted by Crippen LogP contribution is -2.11. The smallest absolute Gasteiger partial charge is 0.249 e. The van der Waals surface area contributed by atoms with Crippen molar-refractivity contribution >= 4 is 17.9 Å². The predicted octanol–water partition coefficient (Wildman–Crippen LogP) is 1.35. The number of rotatable bonds is 2. The van der Waals surface area contributed by atoms with Crippen LogP contribution in [-0.4, -0.2) is 10.5 Å². The Labute approximate surface area is 68.4 Å². The van der Waals surface area contributed by atoms with Gasteiger partial charge in [-0.2, -0.15) is 0 Å². The first-order valence-corrected chi connectivity index (χ1v) is 3.73. The maximum absolute atomic E-state index is 10.7. The predicted molar refractivity (Wildman–Crippen MR) is 43.4 cm³/mol. The van der Waals surface area contributed by atoms with Crippen molar-refractivity contribution in [3.8, 4) is 0 Å². The van der Waals surface area contributed by atoms with Gasteiger partial charge in [-0.15, -0.1) is 0 Å². The third kappa shape index (κ3) is 1.72. The summed E-state index contributed by atoms with van der Waals surface area (Å²) in [6, 6.07) is 6.62. The number of carbonyl (C=O) groups is 1. The molecule has 58 valence electrons. The minimum Gasteiger partial charge on any atom is -0.366 e. The topological polar surface area (TPSA) is 63.3 Å². The summed E-state index contributed by atoms with van der Waals surface area (Å²) in [5.41, 5.74) is 5.37. The number of hydrogen-bond acceptors (Lipinski definition) is 3. The highest BCUT2D eigenvalue weighted by Crippen LogP contribution is 2.18. The molecule has 0 aliphatic heterocycles. The molecule has 1 aromatic rings. The van der Waals surface area contributed by atoms with Gasteiger partial charge in [-0.05, 0) is 12.1 Å². The van der Waals surface area contributed by atoms with Crippen molar-refractivity contribution in [2.45, 2.75) is 4.90 Å². The monoisotopic (exact) mass is 169 g/mol. The zero-order chi connectivity index (χ0) is 8.27. The van der Waals surface area contributed by atoms with Gasteiger partial charge in [0.05, 0.1) is 5.56 Å². The quantitative estimate of drug-likeness (QED) is 0.657. The SMILES string of the molecule is NC(=O)c1ccccc1SO. The molecule has 0 atom stereocenters. The van der Waals surface area contributed by atoms with Crippen LogP contribution in [0.4, 0.5) is 0 Å². The van der Waals surface area contributed by atoms with E-state index in [0.29, 0.717) is 22.5 Å². The van der Waals surface area contributed by atoms with E-state index in [9.17, 15) is 4.79 Å². The number of primary amides is 1. The maximum Gasteiger partial charge on any atom is 0.249 e. The summed E-state index contributed by atoms with van der Waals surface area (Å²) in [6.45, 7) is 0. The molecule has 11 heavy (non-hydrogen) atoms. The number of benzene rings is 1. The first kappa shape index (κ1) is 8.10. The van der Waals surface area contributed by atoms with E-state index in [2.05, 4.69) is 0 Å². The number of carbonyl (C=O) groups excluding carboxylic acids is 1. The van der Waals surface area contributed by atoms with E-state index in [1.54, 1.807) is 24.3 Å². The minimum atomic E-state index is -0.526. The summed E-state index contributed by atoms with van der Waals surface area (Å²) >= 11 is 0.523. The van der Waals surface area contributed by atoms with E-state index < -0.39 is 5.91 Å². The third-order valence-corrected chi connectivity index (χ3v) is 1.80. The Morgan fingerprint density at radius 3 is 2.55 bits per heavy atom. The van der Waals surface area contributed by atoms with Crippen molar-refractivity contribution in [1.29, 1.82) is 0 Å². The van der Waals surface area contributed by atoms with Crippen molar-refractivity contribution in [2.24, 2.45) is 5.73 Å². The fourth-order valence-electron chi connectivity index (χ4n) is 0.750. The lowest BCUT2D eigenvalue weighted by atomic mass is 10.2. The standard InChI is InChI=1S/C7H7NO2S/c8-7(9)5-3-1-2-4-6(5)11-10/h1-4,10H,(H2,8,9). The Morgan fingerprint density at radius 2 is 2.09 bits per heavy atom. The van der Waals surface area contributed by atoms with E-state index in [4.69, 9.17) is 10.3 Å². The molecule has 0 saturated carbocycles. The highest BCUT2D eigenvalue weighted by molar-refractivity contribution is 7.93. The van der Waals surface area contributed by atoms with Gasteiger partial charge in [-0.25, -0.2) is 0 Å². The summed E-state index contributed by atoms with van der Waals surface area (Å²) < 4.78 is 8.68. The Kier molecular flexibility index (Phi) is 2.51. The second-order valence-corrected chi connectivity index (χ2v) is 2.57. The molecule has 0 aliphatic carbocycles. The van der Waals surface area contributed by atoms with E-state index in [1.807, 2.05) is 0 Å². The molecule has 0 fully saturated rings. The van der Waals surface area contributed by atoms with Crippen LogP contribution in [-0.2, 0) is 0 Å². The molecule has 0 radical (unpaired) electrons. The summed E-state index contributed by atoms with van der Waals surface area (Å²) in [4.78, 5) is 11.2. The Balaban J connectivity index is 3.12. The fraction of sp³-hybridized carbons (Fsp3) is 0. The van der Waals surface area contributed by atoms with Gasteiger partial charge < -0.3 is 10.3 Å². The van der Waals surface area contributed by atoms with Gasteiger partial charge in [0.15, 0.2) is 0 Å². The van der Waals surface area contributed by atoms with E-state index in [0.717, 1.165) is 0 Å². The average molecular weight is 169 g/mol. The first-order valence-electron chi connectivity index (χ1n) is 2.96. The molecule has 0 unspecified atom stereocenters. The maximum atomic E-state index is 10.7. The van der Waals surface area contributed by atoms with Crippen LogP contribution in [0.25, 0.3) is 0 Å². The van der Waals surface area contributed by atoms with Crippen LogP contribution >= 0.6 is 12.0 Å². The first-order chi connectivity index (χ1) is 5.25. The Morgan fingerprint density at radius 1 is 1.45 bits per heavy atom. The normalized spacial score (nSPS) is 9.55. The summed E-state index contributed by atoms with van der Waals surface area (Å²) in [5.74, 6) is -0.526. The van der Waals surface area contributed by atoms with Crippen molar-refractivity contribution in [3.63, 3.8) is 0 Å². The molecular formula is C7H7NO2S. The zero-order valence-electron chi connectivity index (χ0n) is 5.65. The highest BCUT2D eigenvalue weighted by atomic mass is 32.2. The van der Waals surface area contributed by atoms with Gasteiger partial charge in [0.25, 0.3) is 0 Å². The fourth-order valence-corrected chi connectivity index (χ4v) is 1.16. The third-order valence-electron chi connectivity index (χ3n) is 1.25. The van der Waals surface area contributed by atoms with Gasteiger partial charge in [0.1, 0.15) is 0 Å². The molecule has 1 amide bonds. The van der Waals surface area contributed by atoms with E-state index >= 15 is 0 Å². The largest absolute Gasteiger partial charge is 0.366 e. The van der Waals surface area contributed by atoms with Crippen LogP contribution in [0.1, 0.15) is 10.4 Å². The highest BCUT2D eigenvalue weighted by Gasteiger charge is 2.05. The molecule has 0 spiro atoms. The molecule has 3 N–H and O–H groups in total. The van der Waals surface area contributed by atoms with Crippen molar-refractivity contribution < 1.29 is 9.35 Å². The summed E-state index contributed by atoms with van der Waals surface area (Å²) in [7, 11) is 0. The lowest BCUT2D eigenvalue weighted by Gasteiger charge is -1.99. The molecule has 3 nitrogen and oxygen atoms in total. The zero-order valence-corrected chi connectivity index (χ0v) is 6.47. The number of hydrogen-bond donors (Lipinski definition) is 2. The van der Waals surface area contributed by atoms with E-state index in [-0.39, 0.29) is 0 Å². The Hall–Kier alpha value is -1.00. The van der Waals surface area contributed by atoms with Crippen LogP contribution < -0.4 is 5.73 Å². The van der Waals surface area contributed by atoms with Crippen molar-refractivity contribution in [1.82, 2.24) is 0 Å². The van der Waals surface area contributed by atoms with Gasteiger partial charge >= 0.3 is 0 Å². The van der Waals surface area contributed by atoms with Crippen molar-refractivity contribution in [3.05, 3.63) is 29.8 Å². The molecule has 0 aliphatic rings. The molecule has 0 bridgehead atoms. The van der Waals surface area contributed by atoms with Crippen LogP contribution in [0, 0.1) is 0 Å². The van der Waals surface area contributed by atoms with Gasteiger partial charge in [-0.3, -0.25) is 4.79 Å². The summed E-state index contributed by atoms with van der Waals surface area (Å²) in [6.07, 6.45) is 0. The molecule has 0 saturated heterocycles. The van der Waals surface area contributed by atoms with Crippen LogP contribution in [0.2, 0.25) is 0 Å². The molecule has 1 aromatic carbocycles. The van der Waals surface area contributed by atoms with Crippen LogP contribution in [0.3, 0.4) is 0 Å². The molecule has 1 rings (SSSR count). The van der Waals surface area contributed by atoms with Crippen LogP contribution in [0.5, 0.6) is 0 Å². The minimum absolute atomic E-state index is 0.347. The molecule has 4 heteroatoms. The molecular weight excluding hydrogens is 162 g/mol. The number of nitrogens with two attached hydrogens (primary N) is 1. The van der Waals surface area contributed by atoms with E-state index in [1.165, 1.54) is 0 Å². The molecule has 0 heterocycles. The average Bonchev–Trinajstić information content (AvgIpc) is 2.04. The molecule has 0 aromatic heterocycles. The van der Waals surface area contributed by atoms with Crippen molar-refractivity contribution in [2.75, 3.05) is 0 Å². The lowest BCUT2D eigenvalue weighted by molar-refractivity contribution is 0.0997. The Bertz CT molecular complexity index is 275. The number of amides is 1. The van der Waals surface area contributed by atoms with Gasteiger partial charge in [0, 0.05) is 16.9 Å². The summed E-state index contributed by atoms with van der Waals surface area (Å²) in [5, 5.41) is 0. The second-order valence-electron chi connectivity index (χ2n) is 1.95. The van der Waals surface area contributed by atoms with Gasteiger partial charge in [0.2, 0.25) is 5.91 Å². The van der Waals surface area contributed by atoms with Gasteiger partial charge in [-0.1, -0.05) is 12.1 Å².